The van der Waals surface area contributed by atoms with E-state index < -0.39 is 0 Å². The molecule has 0 aliphatic heterocycles. The van der Waals surface area contributed by atoms with E-state index in [-0.39, 0.29) is 0 Å². The van der Waals surface area contributed by atoms with Gasteiger partial charge in [-0.1, -0.05) is 0 Å². The summed E-state index contributed by atoms with van der Waals surface area (Å²) in [5, 5.41) is 5.68. The summed E-state index contributed by atoms with van der Waals surface area (Å²) in [6.07, 6.45) is 0.645. The Morgan fingerprint density at radius 1 is 1.53 bits per heavy atom. The molecule has 5 heteroatoms. The molecule has 0 saturated carbocycles. The summed E-state index contributed by atoms with van der Waals surface area (Å²) < 4.78 is 0. The van der Waals surface area contributed by atoms with Crippen LogP contribution in [0.3, 0.4) is 0 Å². The van der Waals surface area contributed by atoms with E-state index in [1.54, 1.807) is 6.07 Å². The summed E-state index contributed by atoms with van der Waals surface area (Å²) in [6.45, 7) is 5.31. The molecule has 92 valence electrons. The van der Waals surface area contributed by atoms with Crippen LogP contribution in [-0.4, -0.2) is 40.3 Å². The summed E-state index contributed by atoms with van der Waals surface area (Å²) in [4.78, 5) is 16.4. The second kappa shape index (κ2) is 6.65. The topological polar surface area (TPSA) is 56.7 Å². The normalized spacial score (nSPS) is 9.76. The second-order valence-electron chi connectivity index (χ2n) is 3.65. The molecule has 2 N–H and O–H groups in total. The van der Waals surface area contributed by atoms with Crippen molar-refractivity contribution in [3.05, 3.63) is 18.2 Å². The zero-order valence-electron chi connectivity index (χ0n) is 10.2. The van der Waals surface area contributed by atoms with Crippen LogP contribution in [0.4, 0.5) is 17.1 Å². The van der Waals surface area contributed by atoms with Crippen LogP contribution in [0.1, 0.15) is 0 Å². The van der Waals surface area contributed by atoms with Crippen LogP contribution in [0.15, 0.2) is 23.2 Å². The number of hydrogen-bond donors (Lipinski definition) is 2. The molecule has 0 atom stereocenters. The minimum Gasteiger partial charge on any atom is -0.372 e. The van der Waals surface area contributed by atoms with E-state index in [0.717, 1.165) is 24.5 Å². The number of rotatable bonds is 7. The number of carbonyl (C=O) groups is 1. The zero-order valence-corrected chi connectivity index (χ0v) is 10.2. The molecule has 0 bridgehead atoms. The third kappa shape index (κ3) is 3.57. The van der Waals surface area contributed by atoms with Crippen molar-refractivity contribution in [3.8, 4) is 0 Å². The first-order chi connectivity index (χ1) is 8.22. The molecule has 0 unspecified atom stereocenters. The molecule has 0 fully saturated rings. The minimum absolute atomic E-state index is 0.645. The first-order valence-electron chi connectivity index (χ1n) is 5.39. The Hall–Kier alpha value is -1.88. The maximum Gasteiger partial charge on any atom is 0.211 e. The number of nitrogens with zero attached hydrogens (tertiary/aromatic N) is 2. The Bertz CT molecular complexity index is 392. The van der Waals surface area contributed by atoms with Crippen molar-refractivity contribution in [3.63, 3.8) is 0 Å². The van der Waals surface area contributed by atoms with Crippen molar-refractivity contribution in [2.75, 3.05) is 37.4 Å². The van der Waals surface area contributed by atoms with Gasteiger partial charge in [0, 0.05) is 25.8 Å². The van der Waals surface area contributed by atoms with Crippen LogP contribution in [0.5, 0.6) is 0 Å². The fourth-order valence-corrected chi connectivity index (χ4v) is 1.53. The number of amides is 1. The van der Waals surface area contributed by atoms with Crippen LogP contribution >= 0.6 is 0 Å². The fourth-order valence-electron chi connectivity index (χ4n) is 1.53. The number of anilines is 2. The fraction of sp³-hybridized carbons (Fsp3) is 0.333. The Morgan fingerprint density at radius 2 is 2.29 bits per heavy atom. The van der Waals surface area contributed by atoms with Crippen LogP contribution in [0.25, 0.3) is 0 Å². The van der Waals surface area contributed by atoms with Crippen LogP contribution in [0, 0.1) is 0 Å². The lowest BCUT2D eigenvalue weighted by atomic mass is 10.2. The van der Waals surface area contributed by atoms with Crippen molar-refractivity contribution in [1.29, 1.82) is 0 Å². The molecule has 5 nitrogen and oxygen atoms in total. The molecular formula is C12H18N4O. The first kappa shape index (κ1) is 13.2. The lowest BCUT2D eigenvalue weighted by molar-refractivity contribution is -0.105. The summed E-state index contributed by atoms with van der Waals surface area (Å²) >= 11 is 0. The highest BCUT2D eigenvalue weighted by atomic mass is 16.1. The third-order valence-electron chi connectivity index (χ3n) is 2.48. The highest BCUT2D eigenvalue weighted by Crippen LogP contribution is 2.30. The molecule has 1 rings (SSSR count). The van der Waals surface area contributed by atoms with Gasteiger partial charge in [0.05, 0.1) is 11.4 Å². The average molecular weight is 234 g/mol. The van der Waals surface area contributed by atoms with Gasteiger partial charge in [0.2, 0.25) is 6.41 Å². The van der Waals surface area contributed by atoms with Crippen molar-refractivity contribution < 1.29 is 4.79 Å². The van der Waals surface area contributed by atoms with Gasteiger partial charge in [-0.25, -0.2) is 0 Å². The maximum atomic E-state index is 10.4. The number of likely N-dealkylation sites (N-methyl/N-ethyl adjacent to an activating group) is 2. The molecule has 0 aliphatic rings. The predicted molar refractivity (Wildman–Crippen MR) is 72.5 cm³/mol. The molecule has 0 aromatic heterocycles. The standard InChI is InChI=1S/C12H18N4O/c1-13-6-7-16(3)12-5-4-10(15-9-17)8-11(12)14-2/h4-5,8-9,13H,2,6-7H2,1,3H3,(H,15,17). The average Bonchev–Trinajstić information content (AvgIpc) is 2.36. The predicted octanol–water partition coefficient (Wildman–Crippen LogP) is 1.24. The highest BCUT2D eigenvalue weighted by Gasteiger charge is 2.06. The van der Waals surface area contributed by atoms with E-state index in [4.69, 9.17) is 0 Å². The van der Waals surface area contributed by atoms with Crippen LogP contribution in [0.2, 0.25) is 0 Å². The van der Waals surface area contributed by atoms with Gasteiger partial charge in [0.25, 0.3) is 0 Å². The molecular weight excluding hydrogens is 216 g/mol. The number of aliphatic imine (C=N–C) groups is 1. The molecule has 0 radical (unpaired) electrons. The quantitative estimate of drug-likeness (QED) is 0.551. The van der Waals surface area contributed by atoms with E-state index >= 15 is 0 Å². The van der Waals surface area contributed by atoms with Crippen LogP contribution in [-0.2, 0) is 4.79 Å². The molecule has 1 aromatic carbocycles. The molecule has 0 saturated heterocycles. The van der Waals surface area contributed by atoms with E-state index in [0.29, 0.717) is 12.1 Å². The van der Waals surface area contributed by atoms with Gasteiger partial charge in [0.15, 0.2) is 0 Å². The Morgan fingerprint density at radius 3 is 2.88 bits per heavy atom. The number of benzene rings is 1. The third-order valence-corrected chi connectivity index (χ3v) is 2.48. The van der Waals surface area contributed by atoms with E-state index in [1.807, 2.05) is 26.2 Å². The van der Waals surface area contributed by atoms with Crippen molar-refractivity contribution in [2.24, 2.45) is 4.99 Å². The molecule has 0 spiro atoms. The minimum atomic E-state index is 0.645. The monoisotopic (exact) mass is 234 g/mol. The largest absolute Gasteiger partial charge is 0.372 e. The van der Waals surface area contributed by atoms with Gasteiger partial charge in [-0.05, 0) is 32.0 Å². The highest BCUT2D eigenvalue weighted by molar-refractivity contribution is 5.79. The summed E-state index contributed by atoms with van der Waals surface area (Å²) in [7, 11) is 3.91. The van der Waals surface area contributed by atoms with Gasteiger partial charge < -0.3 is 15.5 Å². The summed E-state index contributed by atoms with van der Waals surface area (Å²) in [6, 6.07) is 5.56. The first-order valence-corrected chi connectivity index (χ1v) is 5.39. The lowest BCUT2D eigenvalue weighted by Gasteiger charge is -2.21. The maximum absolute atomic E-state index is 10.4. The van der Waals surface area contributed by atoms with Crippen LogP contribution < -0.4 is 15.5 Å². The van der Waals surface area contributed by atoms with E-state index in [1.165, 1.54) is 0 Å². The second-order valence-corrected chi connectivity index (χ2v) is 3.65. The van der Waals surface area contributed by atoms with E-state index in [9.17, 15) is 4.79 Å². The van der Waals surface area contributed by atoms with Gasteiger partial charge in [-0.15, -0.1) is 0 Å². The number of hydrogen-bond acceptors (Lipinski definition) is 4. The van der Waals surface area contributed by atoms with Crippen molar-refractivity contribution in [2.45, 2.75) is 0 Å². The summed E-state index contributed by atoms with van der Waals surface area (Å²) in [5.41, 5.74) is 2.47. The van der Waals surface area contributed by atoms with E-state index in [2.05, 4.69) is 27.2 Å². The smallest absolute Gasteiger partial charge is 0.211 e. The number of carbonyl (C=O) groups excluding carboxylic acids is 1. The van der Waals surface area contributed by atoms with Crippen molar-refractivity contribution >= 4 is 30.2 Å². The van der Waals surface area contributed by atoms with Crippen molar-refractivity contribution in [1.82, 2.24) is 5.32 Å². The molecule has 0 heterocycles. The Labute approximate surface area is 102 Å². The van der Waals surface area contributed by atoms with Gasteiger partial charge in [-0.2, -0.15) is 0 Å². The SMILES string of the molecule is C=Nc1cc(NC=O)ccc1N(C)CCNC. The van der Waals surface area contributed by atoms with Gasteiger partial charge >= 0.3 is 0 Å². The molecule has 1 amide bonds. The molecule has 0 aliphatic carbocycles. The van der Waals surface area contributed by atoms with Gasteiger partial charge in [0.1, 0.15) is 0 Å². The molecule has 17 heavy (non-hydrogen) atoms. The number of nitrogens with one attached hydrogen (secondary N) is 2. The summed E-state index contributed by atoms with van der Waals surface area (Å²) in [5.74, 6) is 0. The zero-order chi connectivity index (χ0) is 12.7. The van der Waals surface area contributed by atoms with Gasteiger partial charge in [-0.3, -0.25) is 9.79 Å². The Balaban J connectivity index is 2.91. The Kier molecular flexibility index (Phi) is 5.16. The molecule has 1 aromatic rings. The lowest BCUT2D eigenvalue weighted by Crippen LogP contribution is -2.27.